The molecule has 5 aromatic rings. The Morgan fingerprint density at radius 2 is 1.97 bits per heavy atom. The summed E-state index contributed by atoms with van der Waals surface area (Å²) in [5.41, 5.74) is 3.79. The maximum atomic E-state index is 13.1. The van der Waals surface area contributed by atoms with Crippen molar-refractivity contribution in [2.75, 3.05) is 11.1 Å². The highest BCUT2D eigenvalue weighted by Gasteiger charge is 2.17. The molecular formula is C23H18N4O2S3. The van der Waals surface area contributed by atoms with E-state index in [1.54, 1.807) is 7.05 Å². The maximum Gasteiger partial charge on any atom is 0.263 e. The lowest BCUT2D eigenvalue weighted by Gasteiger charge is -2.08. The van der Waals surface area contributed by atoms with Crippen LogP contribution in [0.2, 0.25) is 0 Å². The molecule has 0 aliphatic rings. The first-order valence-corrected chi connectivity index (χ1v) is 12.5. The number of fused-ring (bicyclic) bond motifs is 2. The number of thiazole rings is 1. The maximum absolute atomic E-state index is 13.1. The van der Waals surface area contributed by atoms with Gasteiger partial charge in [0, 0.05) is 18.0 Å². The number of carbonyl (C=O) groups excluding carboxylic acids is 1. The van der Waals surface area contributed by atoms with Crippen molar-refractivity contribution in [3.05, 3.63) is 69.8 Å². The van der Waals surface area contributed by atoms with Crippen LogP contribution in [0.4, 0.5) is 5.13 Å². The molecule has 6 nitrogen and oxygen atoms in total. The molecule has 3 heterocycles. The zero-order valence-corrected chi connectivity index (χ0v) is 19.7. The minimum atomic E-state index is -0.184. The Kier molecular flexibility index (Phi) is 5.54. The second-order valence-electron chi connectivity index (χ2n) is 7.28. The summed E-state index contributed by atoms with van der Waals surface area (Å²) < 4.78 is 2.55. The number of rotatable bonds is 5. The van der Waals surface area contributed by atoms with Crippen LogP contribution in [0.3, 0.4) is 0 Å². The SMILES string of the molecule is Cc1ccc2nc(NC(=O)CSc3nc4scc(-c5ccccc5)c4c(=O)n3C)sc2c1. The molecule has 0 aliphatic heterocycles. The molecular weight excluding hydrogens is 460 g/mol. The fourth-order valence-corrected chi connectivity index (χ4v) is 6.12. The van der Waals surface area contributed by atoms with Crippen LogP contribution in [-0.4, -0.2) is 26.2 Å². The van der Waals surface area contributed by atoms with Crippen LogP contribution < -0.4 is 10.9 Å². The monoisotopic (exact) mass is 478 g/mol. The number of thioether (sulfide) groups is 1. The molecule has 160 valence electrons. The molecule has 0 aliphatic carbocycles. The van der Waals surface area contributed by atoms with Crippen molar-refractivity contribution in [3.63, 3.8) is 0 Å². The van der Waals surface area contributed by atoms with Gasteiger partial charge in [-0.15, -0.1) is 11.3 Å². The zero-order chi connectivity index (χ0) is 22.2. The molecule has 0 fully saturated rings. The number of benzene rings is 2. The number of carbonyl (C=O) groups is 1. The summed E-state index contributed by atoms with van der Waals surface area (Å²) in [6.45, 7) is 2.03. The number of hydrogen-bond donors (Lipinski definition) is 1. The van der Waals surface area contributed by atoms with Gasteiger partial charge in [0.2, 0.25) is 5.91 Å². The van der Waals surface area contributed by atoms with Gasteiger partial charge in [-0.3, -0.25) is 14.2 Å². The second kappa shape index (κ2) is 8.50. The largest absolute Gasteiger partial charge is 0.301 e. The molecule has 0 saturated carbocycles. The summed E-state index contributed by atoms with van der Waals surface area (Å²) in [6.07, 6.45) is 0. The molecule has 0 spiro atoms. The summed E-state index contributed by atoms with van der Waals surface area (Å²) in [5, 5.41) is 6.51. The average molecular weight is 479 g/mol. The minimum Gasteiger partial charge on any atom is -0.301 e. The topological polar surface area (TPSA) is 76.9 Å². The van der Waals surface area contributed by atoms with Gasteiger partial charge < -0.3 is 5.32 Å². The van der Waals surface area contributed by atoms with Crippen LogP contribution in [0.5, 0.6) is 0 Å². The number of nitrogens with zero attached hydrogens (tertiary/aromatic N) is 3. The first kappa shape index (κ1) is 20.9. The van der Waals surface area contributed by atoms with Crippen molar-refractivity contribution in [2.24, 2.45) is 7.05 Å². The first-order valence-electron chi connectivity index (χ1n) is 9.83. The Labute approximate surface area is 196 Å². The molecule has 2 aromatic carbocycles. The van der Waals surface area contributed by atoms with E-state index in [4.69, 9.17) is 0 Å². The van der Waals surface area contributed by atoms with Crippen molar-refractivity contribution >= 4 is 65.9 Å². The summed E-state index contributed by atoms with van der Waals surface area (Å²) >= 11 is 4.13. The molecule has 1 N–H and O–H groups in total. The van der Waals surface area contributed by atoms with Gasteiger partial charge in [0.05, 0.1) is 21.4 Å². The summed E-state index contributed by atoms with van der Waals surface area (Å²) in [5.74, 6) is -0.0474. The molecule has 9 heteroatoms. The van der Waals surface area contributed by atoms with E-state index in [-0.39, 0.29) is 17.2 Å². The van der Waals surface area contributed by atoms with Gasteiger partial charge in [-0.1, -0.05) is 59.5 Å². The van der Waals surface area contributed by atoms with Crippen LogP contribution in [0.25, 0.3) is 31.6 Å². The number of hydrogen-bond acceptors (Lipinski definition) is 7. The summed E-state index contributed by atoms with van der Waals surface area (Å²) in [4.78, 5) is 35.4. The highest BCUT2D eigenvalue weighted by atomic mass is 32.2. The number of anilines is 1. The van der Waals surface area contributed by atoms with Crippen LogP contribution >= 0.6 is 34.4 Å². The standard InChI is InChI=1S/C23H18N4O2S3/c1-13-8-9-16-17(10-13)32-22(24-16)25-18(28)12-31-23-26-20-19(21(29)27(23)2)15(11-30-20)14-6-4-3-5-7-14/h3-11H,12H2,1-2H3,(H,24,25,28). The number of nitrogens with one attached hydrogen (secondary N) is 1. The smallest absolute Gasteiger partial charge is 0.263 e. The van der Waals surface area contributed by atoms with Gasteiger partial charge in [0.25, 0.3) is 5.56 Å². The molecule has 1 amide bonds. The van der Waals surface area contributed by atoms with Gasteiger partial charge in [-0.2, -0.15) is 0 Å². The van der Waals surface area contributed by atoms with E-state index >= 15 is 0 Å². The molecule has 5 rings (SSSR count). The number of aryl methyl sites for hydroxylation is 1. The lowest BCUT2D eigenvalue weighted by Crippen LogP contribution is -2.21. The van der Waals surface area contributed by atoms with E-state index in [2.05, 4.69) is 21.4 Å². The van der Waals surface area contributed by atoms with E-state index in [0.29, 0.717) is 20.5 Å². The molecule has 3 aromatic heterocycles. The quantitative estimate of drug-likeness (QED) is 0.274. The predicted octanol–water partition coefficient (Wildman–Crippen LogP) is 5.31. The van der Waals surface area contributed by atoms with Crippen LogP contribution in [-0.2, 0) is 11.8 Å². The molecule has 0 atom stereocenters. The number of thiophene rings is 1. The normalized spacial score (nSPS) is 11.3. The van der Waals surface area contributed by atoms with Crippen LogP contribution in [0.15, 0.2) is 63.9 Å². The van der Waals surface area contributed by atoms with Crippen LogP contribution in [0.1, 0.15) is 5.56 Å². The minimum absolute atomic E-state index is 0.112. The van der Waals surface area contributed by atoms with Gasteiger partial charge in [-0.25, -0.2) is 9.97 Å². The van der Waals surface area contributed by atoms with Crippen molar-refractivity contribution in [2.45, 2.75) is 12.1 Å². The van der Waals surface area contributed by atoms with E-state index in [0.717, 1.165) is 26.9 Å². The van der Waals surface area contributed by atoms with E-state index in [1.807, 2.05) is 54.8 Å². The van der Waals surface area contributed by atoms with Gasteiger partial charge in [-0.05, 0) is 30.2 Å². The summed E-state index contributed by atoms with van der Waals surface area (Å²) in [7, 11) is 1.69. The number of aromatic nitrogens is 3. The lowest BCUT2D eigenvalue weighted by molar-refractivity contribution is -0.113. The Bertz CT molecular complexity index is 1520. The second-order valence-corrected chi connectivity index (χ2v) is 10.1. The Morgan fingerprint density at radius 3 is 2.78 bits per heavy atom. The molecule has 0 radical (unpaired) electrons. The van der Waals surface area contributed by atoms with Crippen molar-refractivity contribution < 1.29 is 4.79 Å². The third-order valence-electron chi connectivity index (χ3n) is 4.98. The Balaban J connectivity index is 1.35. The van der Waals surface area contributed by atoms with Crippen molar-refractivity contribution in [1.29, 1.82) is 0 Å². The lowest BCUT2D eigenvalue weighted by atomic mass is 10.1. The van der Waals surface area contributed by atoms with E-state index in [1.165, 1.54) is 39.0 Å². The highest BCUT2D eigenvalue weighted by molar-refractivity contribution is 7.99. The zero-order valence-electron chi connectivity index (χ0n) is 17.3. The van der Waals surface area contributed by atoms with Gasteiger partial charge >= 0.3 is 0 Å². The van der Waals surface area contributed by atoms with E-state index < -0.39 is 0 Å². The highest BCUT2D eigenvalue weighted by Crippen LogP contribution is 2.32. The molecule has 0 unspecified atom stereocenters. The Hall–Kier alpha value is -3.01. The van der Waals surface area contributed by atoms with E-state index in [9.17, 15) is 9.59 Å². The molecule has 0 saturated heterocycles. The third-order valence-corrected chi connectivity index (χ3v) is 7.82. The van der Waals surface area contributed by atoms with Crippen molar-refractivity contribution in [1.82, 2.24) is 14.5 Å². The first-order chi connectivity index (χ1) is 15.5. The number of amides is 1. The van der Waals surface area contributed by atoms with Gasteiger partial charge in [0.15, 0.2) is 10.3 Å². The fraction of sp³-hybridized carbons (Fsp3) is 0.130. The summed E-state index contributed by atoms with van der Waals surface area (Å²) in [6, 6.07) is 15.8. The van der Waals surface area contributed by atoms with Gasteiger partial charge in [0.1, 0.15) is 4.83 Å². The van der Waals surface area contributed by atoms with Crippen molar-refractivity contribution in [3.8, 4) is 11.1 Å². The third kappa shape index (κ3) is 3.94. The van der Waals surface area contributed by atoms with Crippen LogP contribution in [0, 0.1) is 6.92 Å². The average Bonchev–Trinajstić information content (AvgIpc) is 3.39. The Morgan fingerprint density at radius 1 is 1.16 bits per heavy atom. The molecule has 0 bridgehead atoms. The predicted molar refractivity (Wildman–Crippen MR) is 134 cm³/mol. The fourth-order valence-electron chi connectivity index (χ4n) is 3.38. The molecule has 32 heavy (non-hydrogen) atoms.